The number of allylic oxidation sites excluding steroid dienone is 2. The molecule has 9 heteroatoms. The van der Waals surface area contributed by atoms with Gasteiger partial charge in [-0.25, -0.2) is 0 Å². The zero-order valence-corrected chi connectivity index (χ0v) is 15.2. The van der Waals surface area contributed by atoms with Gasteiger partial charge in [0.05, 0.1) is 0 Å². The van der Waals surface area contributed by atoms with Crippen LogP contribution in [0.2, 0.25) is 0 Å². The molecule has 5 nitrogen and oxygen atoms in total. The van der Waals surface area contributed by atoms with Gasteiger partial charge < -0.3 is 14.0 Å². The molecule has 26 heavy (non-hydrogen) atoms. The second-order valence-electron chi connectivity index (χ2n) is 7.23. The summed E-state index contributed by atoms with van der Waals surface area (Å²) in [6.45, 7) is 5.70. The Hall–Kier alpha value is -1.90. The summed E-state index contributed by atoms with van der Waals surface area (Å²) >= 11 is 0. The van der Waals surface area contributed by atoms with Crippen LogP contribution in [-0.2, 0) is 10.1 Å². The van der Waals surface area contributed by atoms with Gasteiger partial charge in [0.2, 0.25) is 0 Å². The van der Waals surface area contributed by atoms with Gasteiger partial charge in [-0.2, -0.15) is 21.6 Å². The van der Waals surface area contributed by atoms with Crippen LogP contribution < -0.4 is 8.92 Å². The summed E-state index contributed by atoms with van der Waals surface area (Å²) in [5.74, 6) is -0.976. The molecule has 1 N–H and O–H groups in total. The number of phenolic OH excluding ortho intramolecular Hbond substituents is 1. The highest BCUT2D eigenvalue weighted by molar-refractivity contribution is 7.88. The Kier molecular flexibility index (Phi) is 4.21. The number of benzene rings is 1. The van der Waals surface area contributed by atoms with E-state index in [2.05, 4.69) is 4.18 Å². The molecule has 0 amide bonds. The molecular formula is C17H19F3O5S. The topological polar surface area (TPSA) is 72.8 Å². The van der Waals surface area contributed by atoms with Gasteiger partial charge in [0.15, 0.2) is 0 Å². The lowest BCUT2D eigenvalue weighted by atomic mass is 9.68. The lowest BCUT2D eigenvalue weighted by Crippen LogP contribution is -2.45. The zero-order valence-electron chi connectivity index (χ0n) is 14.4. The van der Waals surface area contributed by atoms with Crippen molar-refractivity contribution in [2.75, 3.05) is 0 Å². The summed E-state index contributed by atoms with van der Waals surface area (Å²) in [7, 11) is -5.83. The quantitative estimate of drug-likeness (QED) is 0.463. The van der Waals surface area contributed by atoms with Gasteiger partial charge in [-0.05, 0) is 33.6 Å². The molecule has 1 aliphatic carbocycles. The number of halogens is 3. The molecule has 1 aliphatic heterocycles. The van der Waals surface area contributed by atoms with Crippen LogP contribution in [0.3, 0.4) is 0 Å². The van der Waals surface area contributed by atoms with Gasteiger partial charge >= 0.3 is 15.6 Å². The molecule has 2 atom stereocenters. The highest BCUT2D eigenvalue weighted by atomic mass is 32.2. The van der Waals surface area contributed by atoms with Crippen molar-refractivity contribution in [1.29, 1.82) is 0 Å². The first kappa shape index (κ1) is 18.9. The largest absolute Gasteiger partial charge is 0.534 e. The minimum absolute atomic E-state index is 0.0790. The van der Waals surface area contributed by atoms with Crippen LogP contribution in [0.1, 0.15) is 45.1 Å². The summed E-state index contributed by atoms with van der Waals surface area (Å²) in [4.78, 5) is 0. The van der Waals surface area contributed by atoms with Crippen molar-refractivity contribution in [3.63, 3.8) is 0 Å². The van der Waals surface area contributed by atoms with Crippen molar-refractivity contribution in [3.05, 3.63) is 29.3 Å². The fourth-order valence-electron chi connectivity index (χ4n) is 3.72. The van der Waals surface area contributed by atoms with Crippen LogP contribution in [0.4, 0.5) is 13.2 Å². The molecule has 0 aromatic heterocycles. The molecule has 1 heterocycles. The molecular weight excluding hydrogens is 373 g/mol. The molecule has 144 valence electrons. The van der Waals surface area contributed by atoms with E-state index in [1.165, 1.54) is 0 Å². The molecule has 0 bridgehead atoms. The molecule has 0 radical (unpaired) electrons. The van der Waals surface area contributed by atoms with Crippen molar-refractivity contribution in [2.45, 2.75) is 50.6 Å². The second-order valence-corrected chi connectivity index (χ2v) is 8.76. The molecule has 0 saturated heterocycles. The maximum absolute atomic E-state index is 12.5. The fourth-order valence-corrected chi connectivity index (χ4v) is 4.17. The van der Waals surface area contributed by atoms with Gasteiger partial charge in [0, 0.05) is 29.5 Å². The Balaban J connectivity index is 2.08. The van der Waals surface area contributed by atoms with Crippen LogP contribution in [0.15, 0.2) is 23.8 Å². The highest BCUT2D eigenvalue weighted by Crippen LogP contribution is 2.54. The summed E-state index contributed by atoms with van der Waals surface area (Å²) in [6, 6.07) is 1.95. The average molecular weight is 392 g/mol. The van der Waals surface area contributed by atoms with Crippen molar-refractivity contribution in [3.8, 4) is 17.2 Å². The average Bonchev–Trinajstić information content (AvgIpc) is 2.43. The Morgan fingerprint density at radius 2 is 1.96 bits per heavy atom. The zero-order chi connectivity index (χ0) is 19.5. The minimum Gasteiger partial charge on any atom is -0.507 e. The maximum Gasteiger partial charge on any atom is 0.534 e. The van der Waals surface area contributed by atoms with Gasteiger partial charge in [-0.15, -0.1) is 0 Å². The monoisotopic (exact) mass is 392 g/mol. The number of ether oxygens (including phenoxy) is 1. The predicted molar refractivity (Wildman–Crippen MR) is 87.6 cm³/mol. The van der Waals surface area contributed by atoms with Gasteiger partial charge in [0.25, 0.3) is 0 Å². The Bertz CT molecular complexity index is 871. The molecule has 0 saturated carbocycles. The molecule has 3 rings (SSSR count). The lowest BCUT2D eigenvalue weighted by Gasteiger charge is -2.46. The van der Waals surface area contributed by atoms with Crippen molar-refractivity contribution >= 4 is 10.1 Å². The number of alkyl halides is 3. The summed E-state index contributed by atoms with van der Waals surface area (Å²) in [6.07, 6.45) is 3.76. The van der Waals surface area contributed by atoms with Gasteiger partial charge in [0.1, 0.15) is 22.8 Å². The van der Waals surface area contributed by atoms with Gasteiger partial charge in [-0.1, -0.05) is 11.6 Å². The third kappa shape index (κ3) is 3.13. The van der Waals surface area contributed by atoms with Crippen molar-refractivity contribution in [1.82, 2.24) is 0 Å². The first-order valence-electron chi connectivity index (χ1n) is 8.06. The first-order valence-corrected chi connectivity index (χ1v) is 9.46. The number of hydrogen-bond acceptors (Lipinski definition) is 5. The summed E-state index contributed by atoms with van der Waals surface area (Å²) in [5, 5.41) is 10.4. The standard InChI is InChI=1S/C17H19F3O5S/c1-9-4-5-12-11(6-9)15-13(21)7-10(8-14(15)24-16(12,2)3)25-26(22,23)17(18,19)20/h6-8,11-12,21H,4-5H2,1-3H3/t11-,12+/m0/s1. The Labute approximate surface area is 149 Å². The normalized spacial score (nSPS) is 24.8. The number of phenols is 1. The van der Waals surface area contributed by atoms with Crippen molar-refractivity contribution in [2.24, 2.45) is 5.92 Å². The van der Waals surface area contributed by atoms with E-state index in [4.69, 9.17) is 4.74 Å². The second kappa shape index (κ2) is 5.80. The molecule has 0 fully saturated rings. The van der Waals surface area contributed by atoms with E-state index in [9.17, 15) is 26.7 Å². The van der Waals surface area contributed by atoms with E-state index in [-0.39, 0.29) is 23.3 Å². The van der Waals surface area contributed by atoms with Crippen molar-refractivity contribution < 1.29 is 35.6 Å². The van der Waals surface area contributed by atoms with E-state index in [0.29, 0.717) is 5.56 Å². The highest BCUT2D eigenvalue weighted by Gasteiger charge is 2.49. The molecule has 2 aliphatic rings. The third-order valence-electron chi connectivity index (χ3n) is 4.93. The number of hydrogen-bond donors (Lipinski definition) is 1. The van der Waals surface area contributed by atoms with E-state index in [1.807, 2.05) is 26.8 Å². The Morgan fingerprint density at radius 3 is 2.58 bits per heavy atom. The van der Waals surface area contributed by atoms with Crippen LogP contribution >= 0.6 is 0 Å². The third-order valence-corrected chi connectivity index (χ3v) is 5.91. The van der Waals surface area contributed by atoms with E-state index >= 15 is 0 Å². The first-order chi connectivity index (χ1) is 11.8. The number of fused-ring (bicyclic) bond motifs is 3. The molecule has 1 aromatic rings. The fraction of sp³-hybridized carbons (Fsp3) is 0.529. The van der Waals surface area contributed by atoms with E-state index < -0.39 is 27.0 Å². The summed E-state index contributed by atoms with van der Waals surface area (Å²) in [5.41, 5.74) is -4.62. The summed E-state index contributed by atoms with van der Waals surface area (Å²) < 4.78 is 70.1. The SMILES string of the molecule is CC1=C[C@@H]2c3c(O)cc(OS(=O)(=O)C(F)(F)F)cc3OC(C)(C)[C@@H]2CC1. The van der Waals surface area contributed by atoms with Crippen LogP contribution in [0.25, 0.3) is 0 Å². The smallest absolute Gasteiger partial charge is 0.507 e. The number of aromatic hydroxyl groups is 1. The lowest BCUT2D eigenvalue weighted by molar-refractivity contribution is -0.0500. The minimum atomic E-state index is -5.83. The predicted octanol–water partition coefficient (Wildman–Crippen LogP) is 4.23. The van der Waals surface area contributed by atoms with Crippen LogP contribution in [0.5, 0.6) is 17.2 Å². The molecule has 0 spiro atoms. The van der Waals surface area contributed by atoms with Crippen LogP contribution in [-0.4, -0.2) is 24.6 Å². The number of rotatable bonds is 2. The molecule has 1 aromatic carbocycles. The maximum atomic E-state index is 12.5. The van der Waals surface area contributed by atoms with Crippen LogP contribution in [0, 0.1) is 5.92 Å². The Morgan fingerprint density at radius 1 is 1.31 bits per heavy atom. The molecule has 0 unspecified atom stereocenters. The van der Waals surface area contributed by atoms with E-state index in [0.717, 1.165) is 30.5 Å². The van der Waals surface area contributed by atoms with Gasteiger partial charge in [-0.3, -0.25) is 0 Å². The van der Waals surface area contributed by atoms with E-state index in [1.54, 1.807) is 0 Å².